The van der Waals surface area contributed by atoms with Crippen LogP contribution in [0.1, 0.15) is 43.4 Å². The Kier molecular flexibility index (Phi) is 4.35. The second kappa shape index (κ2) is 6.40. The summed E-state index contributed by atoms with van der Waals surface area (Å²) in [6.45, 7) is 5.38. The van der Waals surface area contributed by atoms with Crippen LogP contribution in [0.2, 0.25) is 0 Å². The number of aromatic nitrogens is 1. The number of hydrogen-bond acceptors (Lipinski definition) is 2. The molecule has 0 unspecified atom stereocenters. The standard InChI is InChI=1S/C19H24N2/c1-3-15-5-6-17(10-16(15)4-2)18-9-14(11-20-13-18)12-21-19-7-8-19/h5-6,9-11,13,19,21H,3-4,7-8,12H2,1-2H3. The van der Waals surface area contributed by atoms with Crippen molar-refractivity contribution in [2.75, 3.05) is 0 Å². The lowest BCUT2D eigenvalue weighted by atomic mass is 9.97. The summed E-state index contributed by atoms with van der Waals surface area (Å²) in [5.74, 6) is 0. The molecule has 2 aromatic rings. The van der Waals surface area contributed by atoms with Crippen LogP contribution in [0, 0.1) is 0 Å². The molecule has 3 rings (SSSR count). The average molecular weight is 280 g/mol. The van der Waals surface area contributed by atoms with Gasteiger partial charge in [0.1, 0.15) is 0 Å². The Morgan fingerprint density at radius 3 is 2.52 bits per heavy atom. The van der Waals surface area contributed by atoms with Crippen LogP contribution in [0.3, 0.4) is 0 Å². The van der Waals surface area contributed by atoms with Crippen molar-refractivity contribution in [3.05, 3.63) is 53.3 Å². The van der Waals surface area contributed by atoms with E-state index in [1.165, 1.54) is 40.7 Å². The normalized spacial score (nSPS) is 14.4. The fourth-order valence-corrected chi connectivity index (χ4v) is 2.77. The van der Waals surface area contributed by atoms with Crippen molar-refractivity contribution in [1.82, 2.24) is 10.3 Å². The summed E-state index contributed by atoms with van der Waals surface area (Å²) >= 11 is 0. The Labute approximate surface area is 127 Å². The molecule has 1 aromatic heterocycles. The third kappa shape index (κ3) is 3.51. The molecule has 2 nitrogen and oxygen atoms in total. The van der Waals surface area contributed by atoms with Gasteiger partial charge in [0.05, 0.1) is 0 Å². The van der Waals surface area contributed by atoms with Crippen molar-refractivity contribution in [3.8, 4) is 11.1 Å². The highest BCUT2D eigenvalue weighted by Gasteiger charge is 2.19. The molecule has 2 heteroatoms. The quantitative estimate of drug-likeness (QED) is 0.860. The maximum absolute atomic E-state index is 4.42. The predicted octanol–water partition coefficient (Wildman–Crippen LogP) is 4.13. The number of pyridine rings is 1. The van der Waals surface area contributed by atoms with Gasteiger partial charge in [-0.2, -0.15) is 0 Å². The van der Waals surface area contributed by atoms with E-state index in [4.69, 9.17) is 0 Å². The monoisotopic (exact) mass is 280 g/mol. The molecule has 0 bridgehead atoms. The topological polar surface area (TPSA) is 24.9 Å². The number of aryl methyl sites for hydroxylation is 2. The van der Waals surface area contributed by atoms with Crippen LogP contribution in [0.5, 0.6) is 0 Å². The van der Waals surface area contributed by atoms with E-state index in [0.717, 1.165) is 25.4 Å². The average Bonchev–Trinajstić information content (AvgIpc) is 3.37. The molecule has 0 radical (unpaired) electrons. The second-order valence-corrected chi connectivity index (χ2v) is 5.93. The van der Waals surface area contributed by atoms with Crippen LogP contribution in [-0.4, -0.2) is 11.0 Å². The Bertz CT molecular complexity index is 615. The van der Waals surface area contributed by atoms with Gasteiger partial charge in [0.2, 0.25) is 0 Å². The number of nitrogens with zero attached hydrogens (tertiary/aromatic N) is 1. The van der Waals surface area contributed by atoms with Gasteiger partial charge in [0.15, 0.2) is 0 Å². The molecule has 0 aliphatic heterocycles. The summed E-state index contributed by atoms with van der Waals surface area (Å²) in [5, 5.41) is 3.55. The van der Waals surface area contributed by atoms with Crippen molar-refractivity contribution in [3.63, 3.8) is 0 Å². The molecular weight excluding hydrogens is 256 g/mol. The molecule has 1 fully saturated rings. The van der Waals surface area contributed by atoms with Gasteiger partial charge in [-0.3, -0.25) is 4.98 Å². The highest BCUT2D eigenvalue weighted by molar-refractivity contribution is 5.64. The molecule has 0 atom stereocenters. The maximum atomic E-state index is 4.42. The summed E-state index contributed by atoms with van der Waals surface area (Å²) in [6, 6.07) is 9.83. The minimum Gasteiger partial charge on any atom is -0.310 e. The molecule has 21 heavy (non-hydrogen) atoms. The lowest BCUT2D eigenvalue weighted by molar-refractivity contribution is 0.686. The van der Waals surface area contributed by atoms with E-state index in [-0.39, 0.29) is 0 Å². The first-order valence-electron chi connectivity index (χ1n) is 8.09. The van der Waals surface area contributed by atoms with E-state index in [1.807, 2.05) is 12.4 Å². The summed E-state index contributed by atoms with van der Waals surface area (Å²) in [4.78, 5) is 4.42. The van der Waals surface area contributed by atoms with Crippen LogP contribution in [0.25, 0.3) is 11.1 Å². The molecule has 0 amide bonds. The van der Waals surface area contributed by atoms with E-state index < -0.39 is 0 Å². The summed E-state index contributed by atoms with van der Waals surface area (Å²) < 4.78 is 0. The SMILES string of the molecule is CCc1ccc(-c2cncc(CNC3CC3)c2)cc1CC. The van der Waals surface area contributed by atoms with Gasteiger partial charge >= 0.3 is 0 Å². The highest BCUT2D eigenvalue weighted by Crippen LogP contribution is 2.24. The van der Waals surface area contributed by atoms with E-state index in [9.17, 15) is 0 Å². The lowest BCUT2D eigenvalue weighted by Crippen LogP contribution is -2.15. The molecule has 1 saturated carbocycles. The fourth-order valence-electron chi connectivity index (χ4n) is 2.77. The fraction of sp³-hybridized carbons (Fsp3) is 0.421. The molecule has 0 spiro atoms. The zero-order chi connectivity index (χ0) is 14.7. The van der Waals surface area contributed by atoms with Crippen LogP contribution in [-0.2, 0) is 19.4 Å². The number of hydrogen-bond donors (Lipinski definition) is 1. The Balaban J connectivity index is 1.83. The first kappa shape index (κ1) is 14.3. The second-order valence-electron chi connectivity index (χ2n) is 5.93. The van der Waals surface area contributed by atoms with E-state index in [2.05, 4.69) is 48.4 Å². The molecule has 1 N–H and O–H groups in total. The van der Waals surface area contributed by atoms with Crippen LogP contribution < -0.4 is 5.32 Å². The zero-order valence-electron chi connectivity index (χ0n) is 13.0. The van der Waals surface area contributed by atoms with Crippen molar-refractivity contribution in [2.45, 2.75) is 52.1 Å². The molecule has 0 saturated heterocycles. The highest BCUT2D eigenvalue weighted by atomic mass is 14.9. The van der Waals surface area contributed by atoms with Gasteiger partial charge < -0.3 is 5.32 Å². The van der Waals surface area contributed by atoms with Crippen molar-refractivity contribution >= 4 is 0 Å². The largest absolute Gasteiger partial charge is 0.310 e. The van der Waals surface area contributed by atoms with Gasteiger partial charge in [-0.1, -0.05) is 32.0 Å². The van der Waals surface area contributed by atoms with E-state index in [1.54, 1.807) is 0 Å². The molecule has 1 aromatic carbocycles. The molecule has 1 aliphatic carbocycles. The summed E-state index contributed by atoms with van der Waals surface area (Å²) in [6.07, 6.45) is 8.79. The summed E-state index contributed by atoms with van der Waals surface area (Å²) in [5.41, 5.74) is 6.70. The van der Waals surface area contributed by atoms with Crippen molar-refractivity contribution in [2.24, 2.45) is 0 Å². The van der Waals surface area contributed by atoms with Gasteiger partial charge in [-0.25, -0.2) is 0 Å². The summed E-state index contributed by atoms with van der Waals surface area (Å²) in [7, 11) is 0. The van der Waals surface area contributed by atoms with Gasteiger partial charge in [0.25, 0.3) is 0 Å². The number of nitrogens with one attached hydrogen (secondary N) is 1. The molecular formula is C19H24N2. The predicted molar refractivity (Wildman–Crippen MR) is 88.3 cm³/mol. The Morgan fingerprint density at radius 2 is 1.81 bits per heavy atom. The lowest BCUT2D eigenvalue weighted by Gasteiger charge is -2.10. The number of benzene rings is 1. The first-order chi connectivity index (χ1) is 10.3. The van der Waals surface area contributed by atoms with Crippen molar-refractivity contribution < 1.29 is 0 Å². The first-order valence-corrected chi connectivity index (χ1v) is 8.09. The molecule has 110 valence electrons. The minimum atomic E-state index is 0.740. The maximum Gasteiger partial charge on any atom is 0.0346 e. The molecule has 1 heterocycles. The molecule has 1 aliphatic rings. The third-order valence-electron chi connectivity index (χ3n) is 4.27. The van der Waals surface area contributed by atoms with Gasteiger partial charge in [-0.15, -0.1) is 0 Å². The van der Waals surface area contributed by atoms with E-state index >= 15 is 0 Å². The van der Waals surface area contributed by atoms with Gasteiger partial charge in [-0.05, 0) is 54.0 Å². The van der Waals surface area contributed by atoms with Gasteiger partial charge in [0, 0.05) is 30.5 Å². The smallest absolute Gasteiger partial charge is 0.0346 e. The van der Waals surface area contributed by atoms with Crippen molar-refractivity contribution in [1.29, 1.82) is 0 Å². The third-order valence-corrected chi connectivity index (χ3v) is 4.27. The Hall–Kier alpha value is -1.67. The Morgan fingerprint density at radius 1 is 1.00 bits per heavy atom. The van der Waals surface area contributed by atoms with Crippen LogP contribution in [0.4, 0.5) is 0 Å². The van der Waals surface area contributed by atoms with Crippen LogP contribution >= 0.6 is 0 Å². The van der Waals surface area contributed by atoms with Crippen LogP contribution in [0.15, 0.2) is 36.7 Å². The minimum absolute atomic E-state index is 0.740. The number of rotatable bonds is 6. The van der Waals surface area contributed by atoms with E-state index in [0.29, 0.717) is 0 Å². The zero-order valence-corrected chi connectivity index (χ0v) is 13.0.